The highest BCUT2D eigenvalue weighted by Crippen LogP contribution is 2.00. The summed E-state index contributed by atoms with van der Waals surface area (Å²) in [5, 5.41) is 0. The molecule has 0 aliphatic rings. The van der Waals surface area contributed by atoms with E-state index in [1.807, 2.05) is 0 Å². The molecule has 1 heterocycles. The topological polar surface area (TPSA) is 8.81 Å². The van der Waals surface area contributed by atoms with Crippen LogP contribution in [-0.2, 0) is 13.6 Å². The molecule has 0 radical (unpaired) electrons. The van der Waals surface area contributed by atoms with Gasteiger partial charge in [0, 0.05) is 0 Å². The minimum absolute atomic E-state index is 0. The van der Waals surface area contributed by atoms with E-state index in [9.17, 15) is 0 Å². The van der Waals surface area contributed by atoms with Crippen molar-refractivity contribution in [2.45, 2.75) is 39.2 Å². The average Bonchev–Trinajstić information content (AvgIpc) is 2.45. The highest BCUT2D eigenvalue weighted by atomic mass is 19.0. The Kier molecular flexibility index (Phi) is 6.20. The van der Waals surface area contributed by atoms with Gasteiger partial charge in [0.1, 0.15) is 12.4 Å². The number of hydrogen-bond donors (Lipinski definition) is 0. The molecule has 0 bridgehead atoms. The summed E-state index contributed by atoms with van der Waals surface area (Å²) in [7, 11) is 2.06. The van der Waals surface area contributed by atoms with Gasteiger partial charge < -0.3 is 4.70 Å². The van der Waals surface area contributed by atoms with Crippen molar-refractivity contribution in [3.63, 3.8) is 0 Å². The van der Waals surface area contributed by atoms with Gasteiger partial charge in [0.25, 0.3) is 0 Å². The number of imidazole rings is 1. The summed E-state index contributed by atoms with van der Waals surface area (Å²) in [5.41, 5.74) is 0. The maximum Gasteiger partial charge on any atom is 0.243 e. The molecule has 0 aromatic carbocycles. The van der Waals surface area contributed by atoms with Crippen LogP contribution in [0, 0.1) is 0 Å². The zero-order chi connectivity index (χ0) is 8.81. The highest BCUT2D eigenvalue weighted by Gasteiger charge is 1.97. The Morgan fingerprint density at radius 3 is 2.54 bits per heavy atom. The minimum Gasteiger partial charge on any atom is -1.00 e. The molecule has 0 saturated carbocycles. The normalized spacial score (nSPS) is 9.69. The van der Waals surface area contributed by atoms with Crippen LogP contribution in [0.2, 0.25) is 0 Å². The molecule has 2 nitrogen and oxygen atoms in total. The van der Waals surface area contributed by atoms with Gasteiger partial charge in [0.05, 0.1) is 13.6 Å². The molecule has 3 heteroatoms. The van der Waals surface area contributed by atoms with Gasteiger partial charge >= 0.3 is 0 Å². The van der Waals surface area contributed by atoms with Crippen molar-refractivity contribution in [3.05, 3.63) is 18.7 Å². The van der Waals surface area contributed by atoms with E-state index < -0.39 is 0 Å². The summed E-state index contributed by atoms with van der Waals surface area (Å²) < 4.78 is 4.33. The minimum atomic E-state index is 0. The second kappa shape index (κ2) is 6.63. The fourth-order valence-corrected chi connectivity index (χ4v) is 1.36. The molecule has 0 saturated heterocycles. The number of halogens is 1. The van der Waals surface area contributed by atoms with Crippen molar-refractivity contribution in [1.29, 1.82) is 0 Å². The lowest BCUT2D eigenvalue weighted by Crippen LogP contribution is -3.00. The highest BCUT2D eigenvalue weighted by molar-refractivity contribution is 4.65. The average molecular weight is 186 g/mol. The van der Waals surface area contributed by atoms with Crippen LogP contribution in [0.1, 0.15) is 32.6 Å². The number of aromatic nitrogens is 2. The van der Waals surface area contributed by atoms with E-state index in [0.29, 0.717) is 0 Å². The first-order valence-electron chi connectivity index (χ1n) is 4.84. The van der Waals surface area contributed by atoms with Crippen LogP contribution >= 0.6 is 0 Å². The van der Waals surface area contributed by atoms with Crippen LogP contribution < -0.4 is 9.27 Å². The Hall–Kier alpha value is -0.860. The van der Waals surface area contributed by atoms with Crippen LogP contribution in [0.4, 0.5) is 0 Å². The number of aryl methyl sites for hydroxylation is 2. The van der Waals surface area contributed by atoms with Gasteiger partial charge in [-0.2, -0.15) is 0 Å². The first-order chi connectivity index (χ1) is 5.83. The molecule has 0 atom stereocenters. The van der Waals surface area contributed by atoms with E-state index in [-0.39, 0.29) is 4.70 Å². The van der Waals surface area contributed by atoms with E-state index in [1.54, 1.807) is 0 Å². The number of unbranched alkanes of at least 4 members (excludes halogenated alkanes) is 3. The summed E-state index contributed by atoms with van der Waals surface area (Å²) in [6, 6.07) is 0. The maximum absolute atomic E-state index is 2.25. The molecule has 0 aliphatic carbocycles. The Balaban J connectivity index is 0.00000144. The molecule has 0 unspecified atom stereocenters. The molecule has 1 aromatic rings. The molecule has 13 heavy (non-hydrogen) atoms. The third kappa shape index (κ3) is 4.65. The molecular weight excluding hydrogens is 167 g/mol. The van der Waals surface area contributed by atoms with Gasteiger partial charge in [-0.25, -0.2) is 9.13 Å². The van der Waals surface area contributed by atoms with Crippen molar-refractivity contribution in [1.82, 2.24) is 4.57 Å². The van der Waals surface area contributed by atoms with Crippen LogP contribution in [0.5, 0.6) is 0 Å². The second-order valence-electron chi connectivity index (χ2n) is 3.38. The summed E-state index contributed by atoms with van der Waals surface area (Å²) in [6.07, 6.45) is 11.7. The van der Waals surface area contributed by atoms with Gasteiger partial charge in [-0.3, -0.25) is 0 Å². The molecule has 1 rings (SSSR count). The van der Waals surface area contributed by atoms with E-state index in [4.69, 9.17) is 0 Å². The molecule has 0 spiro atoms. The number of rotatable bonds is 5. The lowest BCUT2D eigenvalue weighted by atomic mass is 10.2. The van der Waals surface area contributed by atoms with Crippen molar-refractivity contribution in [2.24, 2.45) is 7.05 Å². The smallest absolute Gasteiger partial charge is 0.243 e. The molecule has 0 N–H and O–H groups in total. The Morgan fingerprint density at radius 2 is 2.00 bits per heavy atom. The zero-order valence-corrected chi connectivity index (χ0v) is 8.54. The predicted octanol–water partition coefficient (Wildman–Crippen LogP) is -1.10. The van der Waals surface area contributed by atoms with E-state index >= 15 is 0 Å². The third-order valence-corrected chi connectivity index (χ3v) is 2.09. The van der Waals surface area contributed by atoms with Crippen molar-refractivity contribution >= 4 is 0 Å². The quantitative estimate of drug-likeness (QED) is 0.408. The van der Waals surface area contributed by atoms with Gasteiger partial charge in [-0.05, 0) is 12.8 Å². The number of nitrogens with zero attached hydrogens (tertiary/aromatic N) is 2. The largest absolute Gasteiger partial charge is 1.00 e. The van der Waals surface area contributed by atoms with E-state index in [1.165, 1.54) is 32.2 Å². The van der Waals surface area contributed by atoms with Crippen molar-refractivity contribution in [2.75, 3.05) is 0 Å². The Morgan fingerprint density at radius 1 is 1.23 bits per heavy atom. The summed E-state index contributed by atoms with van der Waals surface area (Å²) in [4.78, 5) is 0. The second-order valence-corrected chi connectivity index (χ2v) is 3.38. The fraction of sp³-hybridized carbons (Fsp3) is 0.700. The SMILES string of the molecule is CCCCCCn1cc[n+](C)c1.[F-]. The van der Waals surface area contributed by atoms with E-state index in [2.05, 4.69) is 41.8 Å². The van der Waals surface area contributed by atoms with Gasteiger partial charge in [-0.1, -0.05) is 19.8 Å². The third-order valence-electron chi connectivity index (χ3n) is 2.09. The molecule has 0 amide bonds. The Bertz CT molecular complexity index is 220. The monoisotopic (exact) mass is 186 g/mol. The van der Waals surface area contributed by atoms with Gasteiger partial charge in [0.15, 0.2) is 0 Å². The predicted molar refractivity (Wildman–Crippen MR) is 49.8 cm³/mol. The molecule has 0 aliphatic heterocycles. The first-order valence-corrected chi connectivity index (χ1v) is 4.84. The van der Waals surface area contributed by atoms with Crippen LogP contribution in [0.3, 0.4) is 0 Å². The molecular formula is C10H19FN2. The summed E-state index contributed by atoms with van der Waals surface area (Å²) >= 11 is 0. The first kappa shape index (κ1) is 12.1. The van der Waals surface area contributed by atoms with Gasteiger partial charge in [-0.15, -0.1) is 0 Å². The maximum atomic E-state index is 2.25. The summed E-state index contributed by atoms with van der Waals surface area (Å²) in [6.45, 7) is 3.41. The molecule has 0 fully saturated rings. The van der Waals surface area contributed by atoms with Crippen LogP contribution in [-0.4, -0.2) is 4.57 Å². The van der Waals surface area contributed by atoms with E-state index in [0.717, 1.165) is 0 Å². The van der Waals surface area contributed by atoms with Crippen LogP contribution in [0.15, 0.2) is 18.7 Å². The zero-order valence-electron chi connectivity index (χ0n) is 8.54. The molecule has 76 valence electrons. The van der Waals surface area contributed by atoms with Crippen molar-refractivity contribution in [3.8, 4) is 0 Å². The van der Waals surface area contributed by atoms with Crippen molar-refractivity contribution < 1.29 is 9.27 Å². The lowest BCUT2D eigenvalue weighted by molar-refractivity contribution is -0.671. The molecule has 1 aromatic heterocycles. The Labute approximate surface area is 79.6 Å². The van der Waals surface area contributed by atoms with Gasteiger partial charge in [0.2, 0.25) is 6.33 Å². The standard InChI is InChI=1S/C10H19N2.FH/c1-3-4-5-6-7-12-9-8-11(2)10-12;/h8-10H,3-7H2,1-2H3;1H/q+1;/p-1. The lowest BCUT2D eigenvalue weighted by Gasteiger charge is -1.95. The number of hydrogen-bond acceptors (Lipinski definition) is 0. The summed E-state index contributed by atoms with van der Waals surface area (Å²) in [5.74, 6) is 0. The fourth-order valence-electron chi connectivity index (χ4n) is 1.36. The van der Waals surface area contributed by atoms with Crippen LogP contribution in [0.25, 0.3) is 0 Å².